The number of fused-ring (bicyclic) bond motifs is 2. The third-order valence-electron chi connectivity index (χ3n) is 4.09. The Bertz CT molecular complexity index is 1020. The molecule has 0 radical (unpaired) electrons. The summed E-state index contributed by atoms with van der Waals surface area (Å²) in [6.07, 6.45) is 1.91. The van der Waals surface area contributed by atoms with Crippen LogP contribution in [0.25, 0.3) is 45.0 Å². The highest BCUT2D eigenvalue weighted by atomic mass is 14.1. The predicted octanol–water partition coefficient (Wildman–Crippen LogP) is 4.92. The minimum atomic E-state index is 1.06. The minimum Gasteiger partial charge on any atom is -0.0984 e. The molecule has 0 heteroatoms. The van der Waals surface area contributed by atoms with E-state index in [0.29, 0.717) is 0 Å². The van der Waals surface area contributed by atoms with Gasteiger partial charge in [0.2, 0.25) is 0 Å². The van der Waals surface area contributed by atoms with Gasteiger partial charge in [-0.15, -0.1) is 0 Å². The topological polar surface area (TPSA) is 0 Å². The van der Waals surface area contributed by atoms with Crippen molar-refractivity contribution in [1.29, 1.82) is 0 Å². The molecule has 0 bridgehead atoms. The van der Waals surface area contributed by atoms with Gasteiger partial charge in [0.25, 0.3) is 0 Å². The van der Waals surface area contributed by atoms with Gasteiger partial charge in [-0.25, -0.2) is 0 Å². The van der Waals surface area contributed by atoms with Crippen molar-refractivity contribution in [2.45, 2.75) is 0 Å². The lowest BCUT2D eigenvalue weighted by Gasteiger charge is -2.12. The highest BCUT2D eigenvalue weighted by molar-refractivity contribution is 6.22. The standard InChI is InChI=1S/C20H14/c1-3-14-10-11-18-17-7-5-4-6-15(17)12-16-9-8-13(2)19(14)20(16)18/h3-12H,1-2H2. The fourth-order valence-corrected chi connectivity index (χ4v) is 3.17. The Hall–Kier alpha value is -2.60. The minimum absolute atomic E-state index is 1.06. The highest BCUT2D eigenvalue weighted by Crippen LogP contribution is 2.33. The second-order valence-electron chi connectivity index (χ2n) is 5.20. The molecule has 0 unspecified atom stereocenters. The molecule has 0 saturated carbocycles. The van der Waals surface area contributed by atoms with Crippen molar-refractivity contribution in [2.75, 3.05) is 0 Å². The lowest BCUT2D eigenvalue weighted by atomic mass is 9.92. The van der Waals surface area contributed by atoms with Crippen molar-refractivity contribution < 1.29 is 0 Å². The summed E-state index contributed by atoms with van der Waals surface area (Å²) in [5.74, 6) is 0. The first-order valence-electron chi connectivity index (χ1n) is 6.78. The predicted molar refractivity (Wildman–Crippen MR) is 89.8 cm³/mol. The molecule has 0 fully saturated rings. The molecular formula is C20H14. The van der Waals surface area contributed by atoms with Crippen LogP contribution >= 0.6 is 0 Å². The van der Waals surface area contributed by atoms with E-state index < -0.39 is 0 Å². The van der Waals surface area contributed by atoms with Gasteiger partial charge in [0.15, 0.2) is 0 Å². The van der Waals surface area contributed by atoms with Gasteiger partial charge in [-0.05, 0) is 49.2 Å². The molecule has 0 amide bonds. The Kier molecular flexibility index (Phi) is 2.22. The lowest BCUT2D eigenvalue weighted by Crippen LogP contribution is -2.01. The van der Waals surface area contributed by atoms with Gasteiger partial charge in [-0.2, -0.15) is 0 Å². The Morgan fingerprint density at radius 2 is 1.60 bits per heavy atom. The summed E-state index contributed by atoms with van der Waals surface area (Å²) >= 11 is 0. The summed E-state index contributed by atoms with van der Waals surface area (Å²) < 4.78 is 0. The van der Waals surface area contributed by atoms with Crippen molar-refractivity contribution in [3.05, 3.63) is 72.0 Å². The molecule has 0 atom stereocenters. The Labute approximate surface area is 117 Å². The van der Waals surface area contributed by atoms with E-state index in [1.165, 1.54) is 32.3 Å². The number of hydrogen-bond donors (Lipinski definition) is 0. The quantitative estimate of drug-likeness (QED) is 0.334. The lowest BCUT2D eigenvalue weighted by molar-refractivity contribution is 1.70. The maximum atomic E-state index is 4.19. The van der Waals surface area contributed by atoms with E-state index in [2.05, 4.69) is 67.8 Å². The first-order chi connectivity index (χ1) is 9.79. The zero-order valence-electron chi connectivity index (χ0n) is 11.2. The van der Waals surface area contributed by atoms with Crippen LogP contribution in [0.15, 0.2) is 61.2 Å². The molecule has 4 rings (SSSR count). The maximum Gasteiger partial charge on any atom is -0.00206 e. The smallest absolute Gasteiger partial charge is 0.00206 e. The van der Waals surface area contributed by atoms with Gasteiger partial charge in [0, 0.05) is 0 Å². The van der Waals surface area contributed by atoms with Gasteiger partial charge in [-0.3, -0.25) is 0 Å². The molecule has 4 aromatic carbocycles. The molecular weight excluding hydrogens is 240 g/mol. The van der Waals surface area contributed by atoms with Crippen LogP contribution in [0.2, 0.25) is 0 Å². The van der Waals surface area contributed by atoms with Crippen LogP contribution in [0.5, 0.6) is 0 Å². The molecule has 0 aliphatic rings. The third kappa shape index (κ3) is 1.36. The molecule has 94 valence electrons. The Morgan fingerprint density at radius 1 is 0.750 bits per heavy atom. The number of benzene rings is 4. The van der Waals surface area contributed by atoms with Crippen LogP contribution in [-0.4, -0.2) is 0 Å². The van der Waals surface area contributed by atoms with Gasteiger partial charge in [-0.1, -0.05) is 67.8 Å². The van der Waals surface area contributed by atoms with Gasteiger partial charge >= 0.3 is 0 Å². The molecule has 0 N–H and O–H groups in total. The molecule has 0 saturated heterocycles. The van der Waals surface area contributed by atoms with Crippen LogP contribution in [0.3, 0.4) is 0 Å². The third-order valence-corrected chi connectivity index (χ3v) is 4.09. The summed E-state index contributed by atoms with van der Waals surface area (Å²) in [7, 11) is 0. The molecule has 0 aromatic heterocycles. The Balaban J connectivity index is 2.44. The summed E-state index contributed by atoms with van der Waals surface area (Å²) in [6, 6.07) is 19.4. The molecule has 0 heterocycles. The van der Waals surface area contributed by atoms with Crippen molar-refractivity contribution in [1.82, 2.24) is 0 Å². The van der Waals surface area contributed by atoms with E-state index in [1.54, 1.807) is 0 Å². The zero-order valence-corrected chi connectivity index (χ0v) is 11.2. The summed E-state index contributed by atoms with van der Waals surface area (Å²) in [4.78, 5) is 0. The highest BCUT2D eigenvalue weighted by Gasteiger charge is 2.09. The van der Waals surface area contributed by atoms with Crippen molar-refractivity contribution in [2.24, 2.45) is 0 Å². The van der Waals surface area contributed by atoms with E-state index in [9.17, 15) is 0 Å². The Morgan fingerprint density at radius 3 is 2.45 bits per heavy atom. The van der Waals surface area contributed by atoms with Crippen LogP contribution in [-0.2, 0) is 0 Å². The second-order valence-corrected chi connectivity index (χ2v) is 5.20. The van der Waals surface area contributed by atoms with Crippen molar-refractivity contribution in [3.63, 3.8) is 0 Å². The van der Waals surface area contributed by atoms with E-state index in [-0.39, 0.29) is 0 Å². The number of hydrogen-bond acceptors (Lipinski definition) is 0. The average molecular weight is 254 g/mol. The van der Waals surface area contributed by atoms with Crippen molar-refractivity contribution >= 4 is 45.0 Å². The molecule has 0 spiro atoms. The summed E-state index contributed by atoms with van der Waals surface area (Å²) in [5.41, 5.74) is 1.16. The fourth-order valence-electron chi connectivity index (χ4n) is 3.17. The average Bonchev–Trinajstić information content (AvgIpc) is 2.50. The van der Waals surface area contributed by atoms with Crippen LogP contribution in [0.4, 0.5) is 0 Å². The SMILES string of the molecule is C=Cc1ccc2c3ccccc3cc3ccc(=C)c1c32. The van der Waals surface area contributed by atoms with Crippen LogP contribution in [0, 0.1) is 0 Å². The van der Waals surface area contributed by atoms with Gasteiger partial charge in [0.05, 0.1) is 0 Å². The number of rotatable bonds is 1. The molecule has 20 heavy (non-hydrogen) atoms. The second kappa shape index (κ2) is 3.94. The summed E-state index contributed by atoms with van der Waals surface area (Å²) in [6.45, 7) is 8.12. The van der Waals surface area contributed by atoms with Crippen LogP contribution in [0.1, 0.15) is 5.56 Å². The van der Waals surface area contributed by atoms with E-state index in [0.717, 1.165) is 10.8 Å². The van der Waals surface area contributed by atoms with Gasteiger partial charge < -0.3 is 0 Å². The molecule has 0 nitrogen and oxygen atoms in total. The first kappa shape index (κ1) is 11.2. The van der Waals surface area contributed by atoms with E-state index >= 15 is 0 Å². The fraction of sp³-hybridized carbons (Fsp3) is 0. The van der Waals surface area contributed by atoms with Crippen molar-refractivity contribution in [3.8, 4) is 0 Å². The van der Waals surface area contributed by atoms with E-state index in [4.69, 9.17) is 0 Å². The maximum absolute atomic E-state index is 4.19. The van der Waals surface area contributed by atoms with Crippen LogP contribution < -0.4 is 5.22 Å². The summed E-state index contributed by atoms with van der Waals surface area (Å²) in [5, 5.41) is 8.73. The molecule has 0 aliphatic carbocycles. The van der Waals surface area contributed by atoms with E-state index in [1.807, 2.05) is 6.08 Å². The molecule has 0 aliphatic heterocycles. The normalized spacial score (nSPS) is 11.4. The monoisotopic (exact) mass is 254 g/mol. The largest absolute Gasteiger partial charge is 0.0984 e. The van der Waals surface area contributed by atoms with Gasteiger partial charge in [0.1, 0.15) is 0 Å². The zero-order chi connectivity index (χ0) is 13.7. The molecule has 4 aromatic rings. The first-order valence-corrected chi connectivity index (χ1v) is 6.78.